The van der Waals surface area contributed by atoms with E-state index in [4.69, 9.17) is 11.6 Å². The second-order valence-corrected chi connectivity index (χ2v) is 5.35. The van der Waals surface area contributed by atoms with Gasteiger partial charge in [0.25, 0.3) is 0 Å². The van der Waals surface area contributed by atoms with E-state index < -0.39 is 0 Å². The zero-order chi connectivity index (χ0) is 12.4. The Hall–Kier alpha value is -0.860. The first-order valence-electron chi connectivity index (χ1n) is 6.06. The maximum atomic E-state index is 11.5. The SMILES string of the molecule is Cc1ccc(CN2CCC(=O)C(C)C2)c(Cl)c1. The minimum Gasteiger partial charge on any atom is -0.299 e. The van der Waals surface area contributed by atoms with Crippen molar-refractivity contribution in [3.8, 4) is 0 Å². The lowest BCUT2D eigenvalue weighted by Crippen LogP contribution is -2.39. The van der Waals surface area contributed by atoms with Crippen LogP contribution in [-0.2, 0) is 11.3 Å². The maximum Gasteiger partial charge on any atom is 0.138 e. The van der Waals surface area contributed by atoms with Crippen LogP contribution in [0.4, 0.5) is 0 Å². The largest absolute Gasteiger partial charge is 0.299 e. The number of piperidine rings is 1. The number of halogens is 1. The molecule has 2 nitrogen and oxygen atoms in total. The molecule has 0 radical (unpaired) electrons. The number of nitrogens with zero attached hydrogens (tertiary/aromatic N) is 1. The zero-order valence-electron chi connectivity index (χ0n) is 10.4. The van der Waals surface area contributed by atoms with Gasteiger partial charge in [-0.15, -0.1) is 0 Å². The number of benzene rings is 1. The van der Waals surface area contributed by atoms with E-state index in [9.17, 15) is 4.79 Å². The highest BCUT2D eigenvalue weighted by atomic mass is 35.5. The Kier molecular flexibility index (Phi) is 3.85. The van der Waals surface area contributed by atoms with Gasteiger partial charge in [-0.2, -0.15) is 0 Å². The lowest BCUT2D eigenvalue weighted by atomic mass is 9.98. The summed E-state index contributed by atoms with van der Waals surface area (Å²) in [5.74, 6) is 0.546. The molecule has 0 bridgehead atoms. The number of hydrogen-bond donors (Lipinski definition) is 0. The van der Waals surface area contributed by atoms with Crippen LogP contribution in [0.25, 0.3) is 0 Å². The Bertz CT molecular complexity index is 430. The summed E-state index contributed by atoms with van der Waals surface area (Å²) in [5, 5.41) is 0.828. The highest BCUT2D eigenvalue weighted by molar-refractivity contribution is 6.31. The summed E-state index contributed by atoms with van der Waals surface area (Å²) in [4.78, 5) is 13.8. The molecule has 1 heterocycles. The van der Waals surface area contributed by atoms with E-state index in [0.29, 0.717) is 12.2 Å². The molecule has 1 aliphatic rings. The third kappa shape index (κ3) is 3.08. The van der Waals surface area contributed by atoms with Crippen molar-refractivity contribution in [1.29, 1.82) is 0 Å². The van der Waals surface area contributed by atoms with E-state index in [0.717, 1.165) is 30.2 Å². The summed E-state index contributed by atoms with van der Waals surface area (Å²) in [5.41, 5.74) is 2.33. The molecule has 3 heteroatoms. The summed E-state index contributed by atoms with van der Waals surface area (Å²) in [6, 6.07) is 6.16. The number of carbonyl (C=O) groups is 1. The van der Waals surface area contributed by atoms with Gasteiger partial charge in [0, 0.05) is 37.0 Å². The summed E-state index contributed by atoms with van der Waals surface area (Å²) in [7, 11) is 0. The second kappa shape index (κ2) is 5.19. The van der Waals surface area contributed by atoms with Crippen molar-refractivity contribution in [1.82, 2.24) is 4.90 Å². The van der Waals surface area contributed by atoms with E-state index >= 15 is 0 Å². The second-order valence-electron chi connectivity index (χ2n) is 4.95. The van der Waals surface area contributed by atoms with Crippen LogP contribution in [0.1, 0.15) is 24.5 Å². The predicted molar refractivity (Wildman–Crippen MR) is 70.3 cm³/mol. The van der Waals surface area contributed by atoms with Crippen LogP contribution in [0, 0.1) is 12.8 Å². The molecule has 1 fully saturated rings. The van der Waals surface area contributed by atoms with Crippen molar-refractivity contribution in [2.45, 2.75) is 26.8 Å². The van der Waals surface area contributed by atoms with Crippen LogP contribution >= 0.6 is 11.6 Å². The summed E-state index contributed by atoms with van der Waals surface area (Å²) < 4.78 is 0. The number of ketones is 1. The molecule has 17 heavy (non-hydrogen) atoms. The summed E-state index contributed by atoms with van der Waals surface area (Å²) in [6.45, 7) is 6.59. The van der Waals surface area contributed by atoms with Crippen molar-refractivity contribution in [3.63, 3.8) is 0 Å². The van der Waals surface area contributed by atoms with Crippen molar-refractivity contribution >= 4 is 17.4 Å². The highest BCUT2D eigenvalue weighted by Gasteiger charge is 2.23. The average Bonchev–Trinajstić information content (AvgIpc) is 2.27. The molecule has 2 rings (SSSR count). The lowest BCUT2D eigenvalue weighted by Gasteiger charge is -2.30. The quantitative estimate of drug-likeness (QED) is 0.805. The van der Waals surface area contributed by atoms with Gasteiger partial charge in [-0.05, 0) is 24.1 Å². The Morgan fingerprint density at radius 1 is 1.47 bits per heavy atom. The Morgan fingerprint density at radius 3 is 2.88 bits per heavy atom. The van der Waals surface area contributed by atoms with Crippen molar-refractivity contribution in [2.75, 3.05) is 13.1 Å². The van der Waals surface area contributed by atoms with Crippen LogP contribution in [0.3, 0.4) is 0 Å². The molecule has 0 spiro atoms. The number of hydrogen-bond acceptors (Lipinski definition) is 2. The monoisotopic (exact) mass is 251 g/mol. The molecule has 1 unspecified atom stereocenters. The molecule has 0 N–H and O–H groups in total. The van der Waals surface area contributed by atoms with Crippen LogP contribution in [-0.4, -0.2) is 23.8 Å². The van der Waals surface area contributed by atoms with Gasteiger partial charge in [0.15, 0.2) is 0 Å². The van der Waals surface area contributed by atoms with Gasteiger partial charge in [0.1, 0.15) is 5.78 Å². The molecule has 92 valence electrons. The Morgan fingerprint density at radius 2 is 2.24 bits per heavy atom. The standard InChI is InChI=1S/C14H18ClNO/c1-10-3-4-12(13(15)7-10)9-16-6-5-14(17)11(2)8-16/h3-4,7,11H,5-6,8-9H2,1-2H3. The number of aryl methyl sites for hydroxylation is 1. The number of Topliss-reactive ketones (excluding diaryl/α,β-unsaturated/α-hetero) is 1. The first-order valence-corrected chi connectivity index (χ1v) is 6.44. The van der Waals surface area contributed by atoms with Crippen LogP contribution in [0.5, 0.6) is 0 Å². The van der Waals surface area contributed by atoms with Gasteiger partial charge in [0.05, 0.1) is 0 Å². The van der Waals surface area contributed by atoms with Crippen molar-refractivity contribution < 1.29 is 4.79 Å². The molecule has 0 aliphatic carbocycles. The van der Waals surface area contributed by atoms with Gasteiger partial charge in [-0.3, -0.25) is 9.69 Å². The average molecular weight is 252 g/mol. The topological polar surface area (TPSA) is 20.3 Å². The van der Waals surface area contributed by atoms with E-state index in [1.165, 1.54) is 5.56 Å². The van der Waals surface area contributed by atoms with Gasteiger partial charge in [-0.25, -0.2) is 0 Å². The smallest absolute Gasteiger partial charge is 0.138 e. The van der Waals surface area contributed by atoms with Gasteiger partial charge < -0.3 is 0 Å². The Balaban J connectivity index is 2.03. The van der Waals surface area contributed by atoms with Gasteiger partial charge in [0.2, 0.25) is 0 Å². The van der Waals surface area contributed by atoms with E-state index in [1.807, 2.05) is 19.9 Å². The van der Waals surface area contributed by atoms with Gasteiger partial charge >= 0.3 is 0 Å². The molecule has 1 saturated heterocycles. The fourth-order valence-electron chi connectivity index (χ4n) is 2.26. The van der Waals surface area contributed by atoms with Crippen molar-refractivity contribution in [3.05, 3.63) is 34.3 Å². The normalized spacial score (nSPS) is 21.8. The lowest BCUT2D eigenvalue weighted by molar-refractivity contribution is -0.125. The fraction of sp³-hybridized carbons (Fsp3) is 0.500. The first kappa shape index (κ1) is 12.6. The predicted octanol–water partition coefficient (Wildman–Crippen LogP) is 3.06. The molecule has 0 amide bonds. The number of likely N-dealkylation sites (tertiary alicyclic amines) is 1. The van der Waals surface area contributed by atoms with E-state index in [-0.39, 0.29) is 5.92 Å². The summed E-state index contributed by atoms with van der Waals surface area (Å²) >= 11 is 6.22. The molecule has 1 aromatic rings. The van der Waals surface area contributed by atoms with Crippen molar-refractivity contribution in [2.24, 2.45) is 5.92 Å². The van der Waals surface area contributed by atoms with Crippen LogP contribution in [0.2, 0.25) is 5.02 Å². The fourth-order valence-corrected chi connectivity index (χ4v) is 2.56. The molecule has 1 aromatic carbocycles. The van der Waals surface area contributed by atoms with Gasteiger partial charge in [-0.1, -0.05) is 30.7 Å². The summed E-state index contributed by atoms with van der Waals surface area (Å²) in [6.07, 6.45) is 0.671. The van der Waals surface area contributed by atoms with Crippen LogP contribution < -0.4 is 0 Å². The first-order chi connectivity index (χ1) is 8.06. The molecule has 1 aliphatic heterocycles. The Labute approximate surface area is 108 Å². The third-order valence-corrected chi connectivity index (χ3v) is 3.71. The van der Waals surface area contributed by atoms with E-state index in [1.54, 1.807) is 0 Å². The molecule has 0 aromatic heterocycles. The minimum atomic E-state index is 0.160. The minimum absolute atomic E-state index is 0.160. The zero-order valence-corrected chi connectivity index (χ0v) is 11.1. The molecular weight excluding hydrogens is 234 g/mol. The molecular formula is C14H18ClNO. The maximum absolute atomic E-state index is 11.5. The number of rotatable bonds is 2. The van der Waals surface area contributed by atoms with E-state index in [2.05, 4.69) is 17.0 Å². The molecule has 1 atom stereocenters. The van der Waals surface area contributed by atoms with Crippen LogP contribution in [0.15, 0.2) is 18.2 Å². The third-order valence-electron chi connectivity index (χ3n) is 3.36. The highest BCUT2D eigenvalue weighted by Crippen LogP contribution is 2.21. The molecule has 0 saturated carbocycles. The number of carbonyl (C=O) groups excluding carboxylic acids is 1.